The van der Waals surface area contributed by atoms with Crippen molar-refractivity contribution in [2.75, 3.05) is 31.3 Å². The molecule has 0 aliphatic rings. The minimum atomic E-state index is -3.76. The van der Waals surface area contributed by atoms with E-state index >= 15 is 0 Å². The minimum Gasteiger partial charge on any atom is -0.497 e. The lowest BCUT2D eigenvalue weighted by atomic mass is 10.1. The first-order valence-electron chi connectivity index (χ1n) is 11.0. The number of para-hydroxylation sites is 1. The van der Waals surface area contributed by atoms with Gasteiger partial charge in [-0.3, -0.25) is 13.9 Å². The van der Waals surface area contributed by atoms with Gasteiger partial charge in [0.1, 0.15) is 17.6 Å². The van der Waals surface area contributed by atoms with Crippen LogP contribution >= 0.6 is 0 Å². The van der Waals surface area contributed by atoms with E-state index in [9.17, 15) is 22.4 Å². The fourth-order valence-corrected chi connectivity index (χ4v) is 4.62. The summed E-state index contributed by atoms with van der Waals surface area (Å²) in [6.45, 7) is 1.95. The zero-order valence-corrected chi connectivity index (χ0v) is 20.8. The predicted octanol–water partition coefficient (Wildman–Crippen LogP) is 2.93. The summed E-state index contributed by atoms with van der Waals surface area (Å²) in [5, 5.41) is 2.60. The number of hydrogen-bond donors (Lipinski definition) is 1. The van der Waals surface area contributed by atoms with E-state index < -0.39 is 21.9 Å². The van der Waals surface area contributed by atoms with Crippen molar-refractivity contribution >= 4 is 27.5 Å². The number of hydrogen-bond acceptors (Lipinski definition) is 5. The number of methoxy groups -OCH3 is 1. The number of nitrogens with zero attached hydrogens (tertiary/aromatic N) is 2. The maximum atomic E-state index is 14.2. The van der Waals surface area contributed by atoms with E-state index in [0.717, 1.165) is 16.1 Å². The van der Waals surface area contributed by atoms with E-state index in [0.29, 0.717) is 12.2 Å². The van der Waals surface area contributed by atoms with Gasteiger partial charge in [-0.1, -0.05) is 31.2 Å². The van der Waals surface area contributed by atoms with Crippen molar-refractivity contribution < 1.29 is 27.1 Å². The smallest absolute Gasteiger partial charge is 0.242 e. The summed E-state index contributed by atoms with van der Waals surface area (Å²) < 4.78 is 44.9. The fourth-order valence-electron chi connectivity index (χ4n) is 3.65. The Morgan fingerprint density at radius 2 is 1.76 bits per heavy atom. The molecule has 0 heterocycles. The number of carbonyl (C=O) groups is 2. The molecular formula is C24H32FN3O5S. The second-order valence-electron chi connectivity index (χ2n) is 7.80. The highest BCUT2D eigenvalue weighted by atomic mass is 32.2. The molecule has 1 N–H and O–H groups in total. The van der Waals surface area contributed by atoms with Crippen molar-refractivity contribution in [3.8, 4) is 5.75 Å². The van der Waals surface area contributed by atoms with Crippen molar-refractivity contribution in [3.63, 3.8) is 0 Å². The van der Waals surface area contributed by atoms with Crippen molar-refractivity contribution in [3.05, 3.63) is 59.9 Å². The lowest BCUT2D eigenvalue weighted by Crippen LogP contribution is -2.48. The molecule has 0 unspecified atom stereocenters. The maximum absolute atomic E-state index is 14.2. The highest BCUT2D eigenvalue weighted by Gasteiger charge is 2.28. The summed E-state index contributed by atoms with van der Waals surface area (Å²) >= 11 is 0. The van der Waals surface area contributed by atoms with Gasteiger partial charge < -0.3 is 15.0 Å². The topological polar surface area (TPSA) is 96.0 Å². The average Bonchev–Trinajstić information content (AvgIpc) is 2.81. The fraction of sp³-hybridized carbons (Fsp3) is 0.417. The molecule has 2 rings (SSSR count). The SMILES string of the molecule is CC[C@@H](C(=O)NC)N(Cc1ccc(OC)cc1)C(=O)CCCN(c1ccccc1F)S(C)(=O)=O. The number of anilines is 1. The van der Waals surface area contributed by atoms with Crippen LogP contribution in [0, 0.1) is 5.82 Å². The Morgan fingerprint density at radius 3 is 2.29 bits per heavy atom. The number of carbonyl (C=O) groups excluding carboxylic acids is 2. The van der Waals surface area contributed by atoms with Gasteiger partial charge in [-0.25, -0.2) is 12.8 Å². The largest absolute Gasteiger partial charge is 0.497 e. The van der Waals surface area contributed by atoms with Crippen LogP contribution in [0.15, 0.2) is 48.5 Å². The summed E-state index contributed by atoms with van der Waals surface area (Å²) in [7, 11) is -0.686. The molecule has 0 aliphatic carbocycles. The van der Waals surface area contributed by atoms with Crippen LogP contribution in [-0.2, 0) is 26.2 Å². The summed E-state index contributed by atoms with van der Waals surface area (Å²) in [6.07, 6.45) is 1.55. The summed E-state index contributed by atoms with van der Waals surface area (Å²) in [4.78, 5) is 27.2. The van der Waals surface area contributed by atoms with Gasteiger partial charge in [0, 0.05) is 26.6 Å². The standard InChI is InChI=1S/C24H32FN3O5S/c1-5-21(24(30)26-2)27(17-18-12-14-19(33-3)15-13-18)23(29)11-8-16-28(34(4,31)32)22-10-7-6-9-20(22)25/h6-7,9-10,12-15,21H,5,8,11,16-17H2,1-4H3,(H,26,30)/t21-/m0/s1. The molecular weight excluding hydrogens is 461 g/mol. The predicted molar refractivity (Wildman–Crippen MR) is 130 cm³/mol. The number of amides is 2. The zero-order valence-electron chi connectivity index (χ0n) is 20.0. The van der Waals surface area contributed by atoms with Crippen LogP contribution in [0.2, 0.25) is 0 Å². The van der Waals surface area contributed by atoms with Crippen molar-refractivity contribution in [2.24, 2.45) is 0 Å². The lowest BCUT2D eigenvalue weighted by Gasteiger charge is -2.31. The van der Waals surface area contributed by atoms with E-state index in [2.05, 4.69) is 5.32 Å². The van der Waals surface area contributed by atoms with Crippen LogP contribution in [0.4, 0.5) is 10.1 Å². The molecule has 186 valence electrons. The first kappa shape index (κ1) is 27.1. The quantitative estimate of drug-likeness (QED) is 0.491. The van der Waals surface area contributed by atoms with Gasteiger partial charge in [0.2, 0.25) is 21.8 Å². The average molecular weight is 494 g/mol. The molecule has 0 aromatic heterocycles. The molecule has 0 radical (unpaired) electrons. The molecule has 0 aliphatic heterocycles. The molecule has 34 heavy (non-hydrogen) atoms. The third kappa shape index (κ3) is 7.18. The number of ether oxygens (including phenoxy) is 1. The molecule has 10 heteroatoms. The van der Waals surface area contributed by atoms with Crippen LogP contribution in [0.25, 0.3) is 0 Å². The Morgan fingerprint density at radius 1 is 1.12 bits per heavy atom. The number of nitrogens with one attached hydrogen (secondary N) is 1. The highest BCUT2D eigenvalue weighted by Crippen LogP contribution is 2.23. The molecule has 0 saturated carbocycles. The Bertz CT molecular complexity index is 1080. The third-order valence-electron chi connectivity index (χ3n) is 5.42. The summed E-state index contributed by atoms with van der Waals surface area (Å²) in [5.74, 6) is -0.568. The van der Waals surface area contributed by atoms with Gasteiger partial charge in [0.25, 0.3) is 0 Å². The van der Waals surface area contributed by atoms with Crippen LogP contribution in [0.3, 0.4) is 0 Å². The van der Waals surface area contributed by atoms with Gasteiger partial charge in [-0.05, 0) is 42.7 Å². The van der Waals surface area contributed by atoms with Crippen molar-refractivity contribution in [1.29, 1.82) is 0 Å². The first-order valence-corrected chi connectivity index (χ1v) is 12.8. The number of benzene rings is 2. The molecule has 2 aromatic rings. The molecule has 0 bridgehead atoms. The Kier molecular flexibility index (Phi) is 9.85. The molecule has 2 amide bonds. The van der Waals surface area contributed by atoms with Gasteiger partial charge in [0.05, 0.1) is 19.1 Å². The minimum absolute atomic E-state index is 0.00980. The lowest BCUT2D eigenvalue weighted by molar-refractivity contribution is -0.141. The second-order valence-corrected chi connectivity index (χ2v) is 9.70. The molecule has 0 saturated heterocycles. The van der Waals surface area contributed by atoms with E-state index in [4.69, 9.17) is 4.74 Å². The van der Waals surface area contributed by atoms with E-state index in [1.165, 1.54) is 30.1 Å². The molecule has 2 aromatic carbocycles. The van der Waals surface area contributed by atoms with E-state index in [1.807, 2.05) is 19.1 Å². The van der Waals surface area contributed by atoms with Gasteiger partial charge in [-0.15, -0.1) is 0 Å². The Balaban J connectivity index is 2.19. The first-order chi connectivity index (χ1) is 16.1. The van der Waals surface area contributed by atoms with Crippen molar-refractivity contribution in [2.45, 2.75) is 38.8 Å². The van der Waals surface area contributed by atoms with Gasteiger partial charge in [-0.2, -0.15) is 0 Å². The highest BCUT2D eigenvalue weighted by molar-refractivity contribution is 7.92. The third-order valence-corrected chi connectivity index (χ3v) is 6.60. The normalized spacial score (nSPS) is 12.0. The molecule has 0 fully saturated rings. The summed E-state index contributed by atoms with van der Waals surface area (Å²) in [5.41, 5.74) is 0.755. The maximum Gasteiger partial charge on any atom is 0.242 e. The van der Waals surface area contributed by atoms with Crippen LogP contribution < -0.4 is 14.4 Å². The number of sulfonamides is 1. The number of likely N-dealkylation sites (N-methyl/N-ethyl adjacent to an activating group) is 1. The van der Waals surface area contributed by atoms with Crippen LogP contribution in [0.5, 0.6) is 5.75 Å². The molecule has 0 spiro atoms. The van der Waals surface area contributed by atoms with Crippen LogP contribution in [0.1, 0.15) is 31.7 Å². The van der Waals surface area contributed by atoms with Gasteiger partial charge in [0.15, 0.2) is 0 Å². The van der Waals surface area contributed by atoms with Crippen molar-refractivity contribution in [1.82, 2.24) is 10.2 Å². The van der Waals surface area contributed by atoms with E-state index in [1.54, 1.807) is 25.3 Å². The Hall–Kier alpha value is -3.14. The number of halogens is 1. The second kappa shape index (κ2) is 12.4. The Labute approximate surface area is 200 Å². The summed E-state index contributed by atoms with van der Waals surface area (Å²) in [6, 6.07) is 12.1. The van der Waals surface area contributed by atoms with Gasteiger partial charge >= 0.3 is 0 Å². The number of rotatable bonds is 12. The molecule has 1 atom stereocenters. The van der Waals surface area contributed by atoms with Crippen LogP contribution in [-0.4, -0.2) is 58.1 Å². The monoisotopic (exact) mass is 493 g/mol. The zero-order chi connectivity index (χ0) is 25.3. The molecule has 8 nitrogen and oxygen atoms in total. The van der Waals surface area contributed by atoms with E-state index in [-0.39, 0.29) is 43.4 Å².